The van der Waals surface area contributed by atoms with Crippen molar-refractivity contribution in [3.63, 3.8) is 0 Å². The van der Waals surface area contributed by atoms with Crippen molar-refractivity contribution in [2.45, 2.75) is 206 Å². The van der Waals surface area contributed by atoms with Gasteiger partial charge in [-0.2, -0.15) is 0 Å². The van der Waals surface area contributed by atoms with Crippen LogP contribution in [0.15, 0.2) is 24.3 Å². The first kappa shape index (κ1) is 51.0. The summed E-state index contributed by atoms with van der Waals surface area (Å²) in [6, 6.07) is -0.856. The minimum absolute atomic E-state index is 0.0579. The van der Waals surface area contributed by atoms with Gasteiger partial charge in [-0.25, -0.2) is 4.57 Å². The Morgan fingerprint density at radius 3 is 1.54 bits per heavy atom. The quantitative estimate of drug-likeness (QED) is 0.0250. The van der Waals surface area contributed by atoms with Gasteiger partial charge in [-0.05, 0) is 32.1 Å². The molecule has 0 aromatic rings. The maximum absolute atomic E-state index is 12.8. The minimum Gasteiger partial charge on any atom is -0.387 e. The lowest BCUT2D eigenvalue weighted by atomic mass is 10.0. The molecule has 52 heavy (non-hydrogen) atoms. The van der Waals surface area contributed by atoms with Crippen molar-refractivity contribution in [3.8, 4) is 0 Å². The monoisotopic (exact) mass is 758 g/mol. The molecular weight excluding hydrogens is 671 g/mol. The first-order valence-corrected chi connectivity index (χ1v) is 23.2. The number of likely N-dealkylation sites (N-methyl/N-ethyl adjacent to an activating group) is 1. The van der Waals surface area contributed by atoms with E-state index in [0.29, 0.717) is 17.4 Å². The van der Waals surface area contributed by atoms with Crippen molar-refractivity contribution in [1.29, 1.82) is 0 Å². The fourth-order valence-electron chi connectivity index (χ4n) is 6.17. The number of phosphoric ester groups is 1. The number of amides is 1. The second-order valence-corrected chi connectivity index (χ2v) is 17.5. The van der Waals surface area contributed by atoms with Gasteiger partial charge >= 0.3 is 7.82 Å². The summed E-state index contributed by atoms with van der Waals surface area (Å²) in [4.78, 5) is 23.0. The molecule has 8 nitrogen and oxygen atoms in total. The first-order valence-electron chi connectivity index (χ1n) is 21.7. The largest absolute Gasteiger partial charge is 0.472 e. The van der Waals surface area contributed by atoms with Crippen LogP contribution in [0.25, 0.3) is 0 Å². The van der Waals surface area contributed by atoms with Crippen molar-refractivity contribution < 1.29 is 32.9 Å². The lowest BCUT2D eigenvalue weighted by Crippen LogP contribution is -2.45. The van der Waals surface area contributed by atoms with Crippen LogP contribution >= 0.6 is 7.82 Å². The van der Waals surface area contributed by atoms with Gasteiger partial charge in [-0.15, -0.1) is 0 Å². The third-order valence-corrected chi connectivity index (χ3v) is 10.7. The topological polar surface area (TPSA) is 105 Å². The molecule has 1 unspecified atom stereocenters. The number of aliphatic hydroxyl groups is 1. The predicted octanol–water partition coefficient (Wildman–Crippen LogP) is 11.7. The van der Waals surface area contributed by atoms with Crippen LogP contribution in [0.1, 0.15) is 194 Å². The number of hydrogen-bond donors (Lipinski definition) is 3. The van der Waals surface area contributed by atoms with Crippen LogP contribution in [0.3, 0.4) is 0 Å². The second-order valence-electron chi connectivity index (χ2n) is 16.1. The molecule has 0 aliphatic rings. The molecule has 0 radical (unpaired) electrons. The van der Waals surface area contributed by atoms with Gasteiger partial charge in [0, 0.05) is 6.42 Å². The molecule has 1 amide bonds. The SMILES string of the molecule is CCCCCC/C=C/CC/C=C/[C@@H](O)[C@H](COP(=O)(O)OCC[N+](C)(C)C)NC(=O)CCCCCCCCCCCCCCCCCCCCCC. The van der Waals surface area contributed by atoms with Gasteiger partial charge < -0.3 is 19.8 Å². The number of hydrogen-bond acceptors (Lipinski definition) is 5. The molecule has 3 atom stereocenters. The summed E-state index contributed by atoms with van der Waals surface area (Å²) in [7, 11) is 1.56. The molecule has 0 aromatic heterocycles. The summed E-state index contributed by atoms with van der Waals surface area (Å²) < 4.78 is 23.5. The third-order valence-electron chi connectivity index (χ3n) is 9.67. The van der Waals surface area contributed by atoms with Gasteiger partial charge in [0.1, 0.15) is 13.2 Å². The van der Waals surface area contributed by atoms with Crippen molar-refractivity contribution in [2.75, 3.05) is 40.9 Å². The van der Waals surface area contributed by atoms with E-state index in [0.717, 1.165) is 38.5 Å². The van der Waals surface area contributed by atoms with Crippen LogP contribution in [0, 0.1) is 0 Å². The van der Waals surface area contributed by atoms with E-state index >= 15 is 0 Å². The second kappa shape index (κ2) is 35.7. The lowest BCUT2D eigenvalue weighted by Gasteiger charge is -2.25. The van der Waals surface area contributed by atoms with E-state index in [9.17, 15) is 19.4 Å². The van der Waals surface area contributed by atoms with Crippen molar-refractivity contribution in [2.24, 2.45) is 0 Å². The number of allylic oxidation sites excluding steroid dienone is 3. The van der Waals surface area contributed by atoms with Gasteiger partial charge in [-0.3, -0.25) is 13.8 Å². The Morgan fingerprint density at radius 2 is 1.06 bits per heavy atom. The smallest absolute Gasteiger partial charge is 0.387 e. The summed E-state index contributed by atoms with van der Waals surface area (Å²) in [6.07, 6.45) is 41.1. The third kappa shape index (κ3) is 37.3. The normalized spacial score (nSPS) is 14.7. The van der Waals surface area contributed by atoms with Crippen LogP contribution in [-0.2, 0) is 18.4 Å². The van der Waals surface area contributed by atoms with Crippen LogP contribution in [0.4, 0.5) is 0 Å². The van der Waals surface area contributed by atoms with Crippen LogP contribution in [0.2, 0.25) is 0 Å². The Bertz CT molecular complexity index is 907. The number of quaternary nitrogens is 1. The first-order chi connectivity index (χ1) is 25.0. The molecule has 3 N–H and O–H groups in total. The van der Waals surface area contributed by atoms with Crippen molar-refractivity contribution in [3.05, 3.63) is 24.3 Å². The fourth-order valence-corrected chi connectivity index (χ4v) is 6.91. The highest BCUT2D eigenvalue weighted by atomic mass is 31.2. The molecule has 0 spiro atoms. The molecule has 308 valence electrons. The van der Waals surface area contributed by atoms with E-state index in [1.807, 2.05) is 27.2 Å². The number of unbranched alkanes of at least 4 members (excludes halogenated alkanes) is 24. The average molecular weight is 758 g/mol. The molecule has 0 aliphatic carbocycles. The highest BCUT2D eigenvalue weighted by Gasteiger charge is 2.27. The molecule has 0 bridgehead atoms. The Balaban J connectivity index is 4.30. The van der Waals surface area contributed by atoms with Gasteiger partial charge in [0.25, 0.3) is 0 Å². The number of aliphatic hydroxyl groups excluding tert-OH is 1. The number of carbonyl (C=O) groups is 1. The summed E-state index contributed by atoms with van der Waals surface area (Å²) in [6.45, 7) is 4.76. The maximum atomic E-state index is 12.8. The molecule has 0 heterocycles. The number of phosphoric acid groups is 1. The Hall–Kier alpha value is -1.02. The lowest BCUT2D eigenvalue weighted by molar-refractivity contribution is -0.870. The van der Waals surface area contributed by atoms with E-state index in [4.69, 9.17) is 9.05 Å². The Morgan fingerprint density at radius 1 is 0.635 bits per heavy atom. The highest BCUT2D eigenvalue weighted by molar-refractivity contribution is 7.47. The van der Waals surface area contributed by atoms with Gasteiger partial charge in [0.2, 0.25) is 5.91 Å². The molecule has 9 heteroatoms. The number of nitrogens with one attached hydrogen (secondary N) is 1. The van der Waals surface area contributed by atoms with E-state index in [1.165, 1.54) is 135 Å². The molecule has 0 saturated heterocycles. The molecule has 0 rings (SSSR count). The van der Waals surface area contributed by atoms with Crippen molar-refractivity contribution >= 4 is 13.7 Å². The Kier molecular flexibility index (Phi) is 35.0. The average Bonchev–Trinajstić information content (AvgIpc) is 3.09. The van der Waals surface area contributed by atoms with Crippen LogP contribution in [0.5, 0.6) is 0 Å². The predicted molar refractivity (Wildman–Crippen MR) is 221 cm³/mol. The fraction of sp³-hybridized carbons (Fsp3) is 0.884. The summed E-state index contributed by atoms with van der Waals surface area (Å²) in [5.74, 6) is -0.187. The summed E-state index contributed by atoms with van der Waals surface area (Å²) in [5, 5.41) is 13.7. The highest BCUT2D eigenvalue weighted by Crippen LogP contribution is 2.43. The van der Waals surface area contributed by atoms with Crippen LogP contribution < -0.4 is 5.32 Å². The summed E-state index contributed by atoms with van der Waals surface area (Å²) in [5.41, 5.74) is 0. The zero-order valence-corrected chi connectivity index (χ0v) is 35.7. The molecular formula is C43H86N2O6P+. The van der Waals surface area contributed by atoms with E-state index in [1.54, 1.807) is 6.08 Å². The van der Waals surface area contributed by atoms with Gasteiger partial charge in [0.05, 0.1) is 39.9 Å². The maximum Gasteiger partial charge on any atom is 0.472 e. The van der Waals surface area contributed by atoms with E-state index in [2.05, 4.69) is 31.3 Å². The molecule has 0 fully saturated rings. The minimum atomic E-state index is -4.33. The number of carbonyl (C=O) groups excluding carboxylic acids is 1. The molecule has 0 saturated carbocycles. The zero-order chi connectivity index (χ0) is 38.6. The van der Waals surface area contributed by atoms with Gasteiger partial charge in [-0.1, -0.05) is 179 Å². The molecule has 0 aliphatic heterocycles. The van der Waals surface area contributed by atoms with Gasteiger partial charge in [0.15, 0.2) is 0 Å². The Labute approximate surface area is 322 Å². The summed E-state index contributed by atoms with van der Waals surface area (Å²) >= 11 is 0. The zero-order valence-electron chi connectivity index (χ0n) is 34.8. The number of nitrogens with zero attached hydrogens (tertiary/aromatic N) is 1. The van der Waals surface area contributed by atoms with E-state index in [-0.39, 0.29) is 19.1 Å². The van der Waals surface area contributed by atoms with Crippen molar-refractivity contribution in [1.82, 2.24) is 5.32 Å². The van der Waals surface area contributed by atoms with E-state index < -0.39 is 20.0 Å². The standard InChI is InChI=1S/C43H85N2O6P/c1-6-8-10-12-14-16-18-19-20-21-22-23-24-25-26-27-29-31-33-35-37-43(47)44-41(40-51-52(48,49)50-39-38-45(3,4)5)42(46)36-34-32-30-28-17-15-13-11-9-7-2/h17,28,34,36,41-42,46H,6-16,18-27,29-33,35,37-40H2,1-5H3,(H-,44,47,48,49)/p+1/b28-17+,36-34+/t41-,42+/m0/s1. The van der Waals surface area contributed by atoms with Crippen LogP contribution in [-0.4, -0.2) is 73.4 Å². The molecule has 0 aromatic carbocycles. The number of rotatable bonds is 39.